The van der Waals surface area contributed by atoms with Crippen LogP contribution in [-0.2, 0) is 11.3 Å². The summed E-state index contributed by atoms with van der Waals surface area (Å²) in [7, 11) is 0. The number of aryl methyl sites for hydroxylation is 2. The minimum Gasteiger partial charge on any atom is -0.356 e. The predicted molar refractivity (Wildman–Crippen MR) is 106 cm³/mol. The Bertz CT molecular complexity index is 780. The van der Waals surface area contributed by atoms with E-state index in [1.807, 2.05) is 19.1 Å². The number of nitrogens with one attached hydrogen (secondary N) is 1. The van der Waals surface area contributed by atoms with Gasteiger partial charge in [-0.2, -0.15) is 0 Å². The lowest BCUT2D eigenvalue weighted by Crippen LogP contribution is -2.28. The van der Waals surface area contributed by atoms with Crippen molar-refractivity contribution in [3.8, 4) is 0 Å². The van der Waals surface area contributed by atoms with Crippen LogP contribution in [0.3, 0.4) is 0 Å². The van der Waals surface area contributed by atoms with Crippen LogP contribution < -0.4 is 10.9 Å². The molecule has 0 atom stereocenters. The molecule has 1 aromatic heterocycles. The molecule has 0 aliphatic rings. The Morgan fingerprint density at radius 3 is 2.73 bits per heavy atom. The number of nitrogens with zero attached hydrogens (tertiary/aromatic N) is 2. The highest BCUT2D eigenvalue weighted by Gasteiger charge is 2.07. The third kappa shape index (κ3) is 5.97. The van der Waals surface area contributed by atoms with Crippen LogP contribution in [0.2, 0.25) is 0 Å². The Morgan fingerprint density at radius 1 is 1.19 bits per heavy atom. The van der Waals surface area contributed by atoms with Crippen molar-refractivity contribution in [3.63, 3.8) is 0 Å². The highest BCUT2D eigenvalue weighted by Crippen LogP contribution is 2.11. The number of rotatable bonds is 10. The zero-order valence-corrected chi connectivity index (χ0v) is 16.3. The Morgan fingerprint density at radius 2 is 1.96 bits per heavy atom. The summed E-state index contributed by atoms with van der Waals surface area (Å²) < 4.78 is 1.52. The molecule has 5 heteroatoms. The first-order valence-electron chi connectivity index (χ1n) is 9.70. The first-order valence-corrected chi connectivity index (χ1v) is 9.70. The van der Waals surface area contributed by atoms with Crippen molar-refractivity contribution >= 4 is 16.8 Å². The number of benzene rings is 1. The van der Waals surface area contributed by atoms with Gasteiger partial charge in [-0.1, -0.05) is 51.7 Å². The van der Waals surface area contributed by atoms with E-state index in [0.29, 0.717) is 24.9 Å². The quantitative estimate of drug-likeness (QED) is 0.658. The molecule has 1 heterocycles. The summed E-state index contributed by atoms with van der Waals surface area (Å²) in [6.07, 6.45) is 7.78. The smallest absolute Gasteiger partial charge is 0.261 e. The van der Waals surface area contributed by atoms with Crippen molar-refractivity contribution in [2.75, 3.05) is 6.54 Å². The van der Waals surface area contributed by atoms with E-state index in [-0.39, 0.29) is 11.5 Å². The molecule has 1 amide bonds. The van der Waals surface area contributed by atoms with Gasteiger partial charge in [-0.15, -0.1) is 0 Å². The van der Waals surface area contributed by atoms with Crippen LogP contribution in [0.15, 0.2) is 29.3 Å². The van der Waals surface area contributed by atoms with Gasteiger partial charge in [0.25, 0.3) is 5.56 Å². The standard InChI is InChI=1S/C21H31N3O2/c1-16(2)9-6-4-5-7-13-22-19(25)12-14-24-15-23-20-17(3)10-8-11-18(20)21(24)26/h8,10-11,15-16H,4-7,9,12-14H2,1-3H3,(H,22,25). The number of hydrogen-bond donors (Lipinski definition) is 1. The lowest BCUT2D eigenvalue weighted by Gasteiger charge is -2.09. The van der Waals surface area contributed by atoms with Gasteiger partial charge in [0.05, 0.1) is 17.2 Å². The van der Waals surface area contributed by atoms with Crippen LogP contribution >= 0.6 is 0 Å². The topological polar surface area (TPSA) is 64.0 Å². The molecule has 26 heavy (non-hydrogen) atoms. The lowest BCUT2D eigenvalue weighted by molar-refractivity contribution is -0.121. The number of amides is 1. The van der Waals surface area contributed by atoms with E-state index in [2.05, 4.69) is 24.1 Å². The van der Waals surface area contributed by atoms with Gasteiger partial charge >= 0.3 is 0 Å². The molecule has 142 valence electrons. The Kier molecular flexibility index (Phi) is 7.82. The van der Waals surface area contributed by atoms with Crippen molar-refractivity contribution < 1.29 is 4.79 Å². The van der Waals surface area contributed by atoms with Crippen molar-refractivity contribution in [2.45, 2.75) is 65.8 Å². The predicted octanol–water partition coefficient (Wildman–Crippen LogP) is 3.82. The lowest BCUT2D eigenvalue weighted by atomic mass is 10.0. The van der Waals surface area contributed by atoms with E-state index in [9.17, 15) is 9.59 Å². The van der Waals surface area contributed by atoms with Gasteiger partial charge in [0, 0.05) is 19.5 Å². The van der Waals surface area contributed by atoms with E-state index in [0.717, 1.165) is 29.8 Å². The molecule has 1 N–H and O–H groups in total. The Hall–Kier alpha value is -2.17. The molecule has 0 fully saturated rings. The molecular weight excluding hydrogens is 326 g/mol. The number of para-hydroxylation sites is 1. The molecule has 0 bridgehead atoms. The number of unbranched alkanes of at least 4 members (excludes halogenated alkanes) is 3. The van der Waals surface area contributed by atoms with Crippen LogP contribution in [0.5, 0.6) is 0 Å². The molecular formula is C21H31N3O2. The normalized spacial score (nSPS) is 11.2. The van der Waals surface area contributed by atoms with Crippen molar-refractivity contribution in [1.82, 2.24) is 14.9 Å². The second kappa shape index (κ2) is 10.1. The fourth-order valence-corrected chi connectivity index (χ4v) is 3.07. The second-order valence-corrected chi connectivity index (χ2v) is 7.41. The van der Waals surface area contributed by atoms with Gasteiger partial charge in [0.2, 0.25) is 5.91 Å². The van der Waals surface area contributed by atoms with Gasteiger partial charge in [0.1, 0.15) is 0 Å². The van der Waals surface area contributed by atoms with Gasteiger partial charge in [-0.3, -0.25) is 14.2 Å². The van der Waals surface area contributed by atoms with Crippen LogP contribution in [0.25, 0.3) is 10.9 Å². The fourth-order valence-electron chi connectivity index (χ4n) is 3.07. The van der Waals surface area contributed by atoms with E-state index in [1.54, 1.807) is 12.4 Å². The number of carbonyl (C=O) groups excluding carboxylic acids is 1. The molecule has 0 aliphatic heterocycles. The zero-order valence-electron chi connectivity index (χ0n) is 16.3. The van der Waals surface area contributed by atoms with Crippen LogP contribution in [0, 0.1) is 12.8 Å². The number of fused-ring (bicyclic) bond motifs is 1. The summed E-state index contributed by atoms with van der Waals surface area (Å²) in [5, 5.41) is 3.55. The van der Waals surface area contributed by atoms with Crippen molar-refractivity contribution in [1.29, 1.82) is 0 Å². The summed E-state index contributed by atoms with van der Waals surface area (Å²) in [6.45, 7) is 7.51. The number of aromatic nitrogens is 2. The Labute approximate surface area is 155 Å². The molecule has 0 aliphatic carbocycles. The largest absolute Gasteiger partial charge is 0.356 e. The third-order valence-corrected chi connectivity index (χ3v) is 4.67. The highest BCUT2D eigenvalue weighted by molar-refractivity contribution is 5.80. The maximum absolute atomic E-state index is 12.5. The maximum Gasteiger partial charge on any atom is 0.261 e. The van der Waals surface area contributed by atoms with E-state index in [4.69, 9.17) is 0 Å². The van der Waals surface area contributed by atoms with Gasteiger partial charge in [-0.05, 0) is 30.9 Å². The minimum absolute atomic E-state index is 0.0107. The fraction of sp³-hybridized carbons (Fsp3) is 0.571. The van der Waals surface area contributed by atoms with E-state index in [1.165, 1.54) is 23.8 Å². The maximum atomic E-state index is 12.5. The number of hydrogen-bond acceptors (Lipinski definition) is 3. The third-order valence-electron chi connectivity index (χ3n) is 4.67. The minimum atomic E-state index is -0.0864. The first-order chi connectivity index (χ1) is 12.5. The second-order valence-electron chi connectivity index (χ2n) is 7.41. The summed E-state index contributed by atoms with van der Waals surface area (Å²) >= 11 is 0. The number of carbonyl (C=O) groups is 1. The molecule has 0 radical (unpaired) electrons. The molecule has 2 aromatic rings. The van der Waals surface area contributed by atoms with Crippen LogP contribution in [0.1, 0.15) is 57.9 Å². The highest BCUT2D eigenvalue weighted by atomic mass is 16.1. The monoisotopic (exact) mass is 357 g/mol. The average molecular weight is 357 g/mol. The van der Waals surface area contributed by atoms with Crippen LogP contribution in [-0.4, -0.2) is 22.0 Å². The molecule has 0 spiro atoms. The first kappa shape index (κ1) is 20.1. The van der Waals surface area contributed by atoms with Gasteiger partial charge in [-0.25, -0.2) is 4.98 Å². The van der Waals surface area contributed by atoms with Crippen LogP contribution in [0.4, 0.5) is 0 Å². The van der Waals surface area contributed by atoms with E-state index < -0.39 is 0 Å². The zero-order chi connectivity index (χ0) is 18.9. The SMILES string of the molecule is Cc1cccc2c(=O)n(CCC(=O)NCCCCCCC(C)C)cnc12. The van der Waals surface area contributed by atoms with E-state index >= 15 is 0 Å². The summed E-state index contributed by atoms with van der Waals surface area (Å²) in [5.41, 5.74) is 1.63. The average Bonchev–Trinajstić information content (AvgIpc) is 2.60. The Balaban J connectivity index is 1.73. The van der Waals surface area contributed by atoms with Gasteiger partial charge in [0.15, 0.2) is 0 Å². The summed E-state index contributed by atoms with van der Waals surface area (Å²) in [4.78, 5) is 28.8. The molecule has 0 saturated heterocycles. The molecule has 2 rings (SSSR count). The summed E-state index contributed by atoms with van der Waals surface area (Å²) in [6, 6.07) is 5.59. The summed E-state index contributed by atoms with van der Waals surface area (Å²) in [5.74, 6) is 0.759. The molecule has 5 nitrogen and oxygen atoms in total. The molecule has 0 saturated carbocycles. The molecule has 1 aromatic carbocycles. The van der Waals surface area contributed by atoms with Gasteiger partial charge < -0.3 is 5.32 Å². The van der Waals surface area contributed by atoms with Crippen molar-refractivity contribution in [3.05, 3.63) is 40.4 Å². The molecule has 0 unspecified atom stereocenters. The van der Waals surface area contributed by atoms with Crippen molar-refractivity contribution in [2.24, 2.45) is 5.92 Å².